The SMILES string of the molecule is C=C(O)N1CCC(COc2ccc(-c3nc4ccc(C(N)=O)cc4[nH]3)cc2)CC1. The van der Waals surface area contributed by atoms with Crippen LogP contribution in [0.4, 0.5) is 0 Å². The van der Waals surface area contributed by atoms with E-state index < -0.39 is 5.91 Å². The maximum absolute atomic E-state index is 11.3. The van der Waals surface area contributed by atoms with Crippen molar-refractivity contribution in [3.05, 3.63) is 60.5 Å². The van der Waals surface area contributed by atoms with Crippen molar-refractivity contribution in [1.29, 1.82) is 0 Å². The molecule has 1 aliphatic rings. The number of fused-ring (bicyclic) bond motifs is 1. The van der Waals surface area contributed by atoms with Gasteiger partial charge in [-0.25, -0.2) is 4.98 Å². The highest BCUT2D eigenvalue weighted by molar-refractivity contribution is 5.96. The number of benzene rings is 2. The summed E-state index contributed by atoms with van der Waals surface area (Å²) < 4.78 is 5.95. The zero-order valence-corrected chi connectivity index (χ0v) is 16.1. The summed E-state index contributed by atoms with van der Waals surface area (Å²) in [6, 6.07) is 12.9. The smallest absolute Gasteiger partial charge is 0.248 e. The van der Waals surface area contributed by atoms with Crippen LogP contribution >= 0.6 is 0 Å². The number of carbonyl (C=O) groups excluding carboxylic acids is 1. The first-order valence-corrected chi connectivity index (χ1v) is 9.65. The van der Waals surface area contributed by atoms with Crippen LogP contribution in [0.1, 0.15) is 23.2 Å². The van der Waals surface area contributed by atoms with Crippen LogP contribution in [0.2, 0.25) is 0 Å². The third kappa shape index (κ3) is 4.18. The Balaban J connectivity index is 1.38. The Bertz CT molecular complexity index is 1030. The van der Waals surface area contributed by atoms with Gasteiger partial charge in [0.05, 0.1) is 17.6 Å². The molecule has 29 heavy (non-hydrogen) atoms. The Morgan fingerprint density at radius 1 is 1.24 bits per heavy atom. The van der Waals surface area contributed by atoms with Gasteiger partial charge in [0.2, 0.25) is 5.91 Å². The summed E-state index contributed by atoms with van der Waals surface area (Å²) in [5, 5.41) is 9.45. The van der Waals surface area contributed by atoms with Crippen LogP contribution in [0.5, 0.6) is 5.75 Å². The summed E-state index contributed by atoms with van der Waals surface area (Å²) in [5.74, 6) is 1.70. The number of likely N-dealkylation sites (tertiary alicyclic amines) is 1. The van der Waals surface area contributed by atoms with E-state index in [4.69, 9.17) is 10.5 Å². The molecule has 0 bridgehead atoms. The van der Waals surface area contributed by atoms with Crippen LogP contribution in [0.25, 0.3) is 22.4 Å². The van der Waals surface area contributed by atoms with Gasteiger partial charge in [-0.05, 0) is 67.8 Å². The van der Waals surface area contributed by atoms with E-state index >= 15 is 0 Å². The van der Waals surface area contributed by atoms with Crippen LogP contribution < -0.4 is 10.5 Å². The van der Waals surface area contributed by atoms with Crippen molar-refractivity contribution in [1.82, 2.24) is 14.9 Å². The number of nitrogens with one attached hydrogen (secondary N) is 1. The standard InChI is InChI=1S/C22H24N4O3/c1-14(27)26-10-8-15(9-11-26)13-29-18-5-2-16(3-6-18)22-24-19-7-4-17(21(23)28)12-20(19)25-22/h2-7,12,15,27H,1,8-11,13H2,(H2,23,28)(H,24,25). The summed E-state index contributed by atoms with van der Waals surface area (Å²) in [4.78, 5) is 21.0. The molecule has 4 rings (SSSR count). The first kappa shape index (κ1) is 18.9. The number of ether oxygens (including phenoxy) is 1. The topological polar surface area (TPSA) is 104 Å². The molecule has 1 fully saturated rings. The van der Waals surface area contributed by atoms with Gasteiger partial charge in [-0.15, -0.1) is 0 Å². The lowest BCUT2D eigenvalue weighted by Crippen LogP contribution is -2.34. The largest absolute Gasteiger partial charge is 0.495 e. The minimum atomic E-state index is -0.462. The van der Waals surface area contributed by atoms with E-state index in [9.17, 15) is 9.90 Å². The normalized spacial score (nSPS) is 14.8. The molecule has 2 aromatic carbocycles. The molecule has 1 amide bonds. The summed E-state index contributed by atoms with van der Waals surface area (Å²) >= 11 is 0. The van der Waals surface area contributed by atoms with Crippen molar-refractivity contribution in [2.75, 3.05) is 19.7 Å². The number of nitrogens with zero attached hydrogens (tertiary/aromatic N) is 2. The number of rotatable bonds is 6. The summed E-state index contributed by atoms with van der Waals surface area (Å²) in [5.41, 5.74) is 8.27. The quantitative estimate of drug-likeness (QED) is 0.557. The van der Waals surface area contributed by atoms with Gasteiger partial charge in [-0.1, -0.05) is 0 Å². The fraction of sp³-hybridized carbons (Fsp3) is 0.273. The van der Waals surface area contributed by atoms with E-state index in [1.54, 1.807) is 18.2 Å². The molecule has 0 atom stereocenters. The number of hydrogen-bond donors (Lipinski definition) is 3. The molecule has 1 aromatic heterocycles. The second-order valence-corrected chi connectivity index (χ2v) is 7.36. The van der Waals surface area contributed by atoms with E-state index in [0.717, 1.165) is 54.1 Å². The van der Waals surface area contributed by atoms with Gasteiger partial charge in [0, 0.05) is 24.2 Å². The van der Waals surface area contributed by atoms with Gasteiger partial charge in [-0.3, -0.25) is 4.79 Å². The molecule has 0 saturated carbocycles. The maximum atomic E-state index is 11.3. The first-order valence-electron chi connectivity index (χ1n) is 9.65. The molecular formula is C22H24N4O3. The van der Waals surface area contributed by atoms with E-state index in [0.29, 0.717) is 18.1 Å². The Kier molecular flexibility index (Phi) is 5.12. The number of H-pyrrole nitrogens is 1. The monoisotopic (exact) mass is 392 g/mol. The van der Waals surface area contributed by atoms with Crippen molar-refractivity contribution >= 4 is 16.9 Å². The van der Waals surface area contributed by atoms with Gasteiger partial charge in [0.15, 0.2) is 5.88 Å². The molecule has 0 radical (unpaired) electrons. The number of carbonyl (C=O) groups is 1. The van der Waals surface area contributed by atoms with E-state index in [-0.39, 0.29) is 5.88 Å². The zero-order valence-electron chi connectivity index (χ0n) is 16.1. The highest BCUT2D eigenvalue weighted by Crippen LogP contribution is 2.25. The fourth-order valence-corrected chi connectivity index (χ4v) is 3.58. The summed E-state index contributed by atoms with van der Waals surface area (Å²) in [6.07, 6.45) is 1.95. The molecule has 2 heterocycles. The van der Waals surface area contributed by atoms with Gasteiger partial charge in [0.1, 0.15) is 11.6 Å². The number of aliphatic hydroxyl groups is 1. The lowest BCUT2D eigenvalue weighted by Gasteiger charge is -2.32. The highest BCUT2D eigenvalue weighted by Gasteiger charge is 2.20. The summed E-state index contributed by atoms with van der Waals surface area (Å²) in [6.45, 7) is 5.86. The lowest BCUT2D eigenvalue weighted by molar-refractivity contribution is 0.100. The molecule has 7 nitrogen and oxygen atoms in total. The molecule has 1 saturated heterocycles. The number of imidazole rings is 1. The van der Waals surface area contributed by atoms with Gasteiger partial charge in [0.25, 0.3) is 0 Å². The second kappa shape index (κ2) is 7.87. The number of amides is 1. The van der Waals surface area contributed by atoms with E-state index in [1.165, 1.54) is 0 Å². The number of primary amides is 1. The Labute approximate surface area is 168 Å². The molecule has 4 N–H and O–H groups in total. The number of aromatic nitrogens is 2. The average molecular weight is 392 g/mol. The van der Waals surface area contributed by atoms with Crippen molar-refractivity contribution in [3.8, 4) is 17.1 Å². The number of aromatic amines is 1. The van der Waals surface area contributed by atoms with Crippen LogP contribution in [0.15, 0.2) is 54.9 Å². The molecule has 1 aliphatic heterocycles. The predicted octanol–water partition coefficient (Wildman–Crippen LogP) is 3.45. The number of hydrogen-bond acceptors (Lipinski definition) is 5. The molecule has 0 aliphatic carbocycles. The number of aliphatic hydroxyl groups excluding tert-OH is 1. The second-order valence-electron chi connectivity index (χ2n) is 7.36. The van der Waals surface area contributed by atoms with Gasteiger partial charge in [-0.2, -0.15) is 0 Å². The number of nitrogens with two attached hydrogens (primary N) is 1. The predicted molar refractivity (Wildman–Crippen MR) is 112 cm³/mol. The molecule has 0 spiro atoms. The summed E-state index contributed by atoms with van der Waals surface area (Å²) in [7, 11) is 0. The van der Waals surface area contributed by atoms with Crippen molar-refractivity contribution in [2.24, 2.45) is 11.7 Å². The minimum absolute atomic E-state index is 0.149. The Morgan fingerprint density at radius 2 is 1.97 bits per heavy atom. The fourth-order valence-electron chi connectivity index (χ4n) is 3.58. The average Bonchev–Trinajstić information content (AvgIpc) is 3.16. The van der Waals surface area contributed by atoms with Crippen LogP contribution in [0, 0.1) is 5.92 Å². The van der Waals surface area contributed by atoms with Crippen molar-refractivity contribution in [3.63, 3.8) is 0 Å². The van der Waals surface area contributed by atoms with E-state index in [1.807, 2.05) is 29.2 Å². The number of piperidine rings is 1. The van der Waals surface area contributed by atoms with Crippen molar-refractivity contribution < 1.29 is 14.6 Å². The Hall–Kier alpha value is -3.48. The zero-order chi connectivity index (χ0) is 20.4. The molecule has 3 aromatic rings. The third-order valence-electron chi connectivity index (χ3n) is 5.36. The Morgan fingerprint density at radius 3 is 2.62 bits per heavy atom. The maximum Gasteiger partial charge on any atom is 0.248 e. The van der Waals surface area contributed by atoms with E-state index in [2.05, 4.69) is 16.5 Å². The van der Waals surface area contributed by atoms with Crippen LogP contribution in [-0.2, 0) is 0 Å². The van der Waals surface area contributed by atoms with Crippen LogP contribution in [0.3, 0.4) is 0 Å². The molecule has 7 heteroatoms. The highest BCUT2D eigenvalue weighted by atomic mass is 16.5. The van der Waals surface area contributed by atoms with Gasteiger partial charge < -0.3 is 25.5 Å². The third-order valence-corrected chi connectivity index (χ3v) is 5.36. The minimum Gasteiger partial charge on any atom is -0.495 e. The van der Waals surface area contributed by atoms with Gasteiger partial charge >= 0.3 is 0 Å². The molecule has 150 valence electrons. The molecular weight excluding hydrogens is 368 g/mol. The van der Waals surface area contributed by atoms with Crippen molar-refractivity contribution in [2.45, 2.75) is 12.8 Å². The molecule has 0 unspecified atom stereocenters. The van der Waals surface area contributed by atoms with Crippen LogP contribution in [-0.4, -0.2) is 45.6 Å². The lowest BCUT2D eigenvalue weighted by atomic mass is 9.98. The first-order chi connectivity index (χ1) is 14.0.